The summed E-state index contributed by atoms with van der Waals surface area (Å²) in [5.41, 5.74) is 2.79. The standard InChI is InChI=1S/C13H16N2O/c1-10-2-3-13(11(8-10)9-14)15-12-4-6-16-7-5-12/h2-3,8,12,15H,4-7H2,1H3. The first-order valence-electron chi connectivity index (χ1n) is 5.64. The van der Waals surface area contributed by atoms with Crippen molar-refractivity contribution in [3.8, 4) is 6.07 Å². The number of rotatable bonds is 2. The topological polar surface area (TPSA) is 45.0 Å². The van der Waals surface area contributed by atoms with Gasteiger partial charge < -0.3 is 10.1 Å². The van der Waals surface area contributed by atoms with Crippen molar-refractivity contribution in [2.24, 2.45) is 0 Å². The Morgan fingerprint density at radius 1 is 1.38 bits per heavy atom. The van der Waals surface area contributed by atoms with Crippen LogP contribution in [0.1, 0.15) is 24.0 Å². The predicted octanol–water partition coefficient (Wildman–Crippen LogP) is 2.46. The molecule has 0 spiro atoms. The van der Waals surface area contributed by atoms with E-state index in [0.717, 1.165) is 42.9 Å². The fraction of sp³-hybridized carbons (Fsp3) is 0.462. The van der Waals surface area contributed by atoms with E-state index in [9.17, 15) is 0 Å². The molecule has 0 atom stereocenters. The van der Waals surface area contributed by atoms with Gasteiger partial charge in [0, 0.05) is 19.3 Å². The van der Waals surface area contributed by atoms with Crippen LogP contribution in [-0.2, 0) is 4.74 Å². The van der Waals surface area contributed by atoms with Gasteiger partial charge in [-0.3, -0.25) is 0 Å². The second-order valence-electron chi connectivity index (χ2n) is 4.19. The van der Waals surface area contributed by atoms with Gasteiger partial charge in [-0.2, -0.15) is 5.26 Å². The van der Waals surface area contributed by atoms with E-state index in [1.807, 2.05) is 25.1 Å². The van der Waals surface area contributed by atoms with Crippen LogP contribution in [0.5, 0.6) is 0 Å². The molecular weight excluding hydrogens is 200 g/mol. The Morgan fingerprint density at radius 2 is 2.12 bits per heavy atom. The van der Waals surface area contributed by atoms with Crippen LogP contribution in [0.15, 0.2) is 18.2 Å². The normalized spacial score (nSPS) is 16.8. The molecular formula is C13H16N2O. The molecule has 3 nitrogen and oxygen atoms in total. The van der Waals surface area contributed by atoms with E-state index in [1.54, 1.807) is 0 Å². The van der Waals surface area contributed by atoms with Crippen molar-refractivity contribution in [2.75, 3.05) is 18.5 Å². The van der Waals surface area contributed by atoms with Gasteiger partial charge in [0.05, 0.1) is 11.3 Å². The van der Waals surface area contributed by atoms with Gasteiger partial charge in [0.2, 0.25) is 0 Å². The molecule has 0 aromatic heterocycles. The minimum absolute atomic E-state index is 0.434. The minimum atomic E-state index is 0.434. The number of nitrogens with zero attached hydrogens (tertiary/aromatic N) is 1. The average molecular weight is 216 g/mol. The Bertz CT molecular complexity index is 403. The maximum atomic E-state index is 9.06. The molecule has 16 heavy (non-hydrogen) atoms. The Morgan fingerprint density at radius 3 is 2.81 bits per heavy atom. The van der Waals surface area contributed by atoms with E-state index in [-0.39, 0.29) is 0 Å². The fourth-order valence-corrected chi connectivity index (χ4v) is 1.94. The number of hydrogen-bond acceptors (Lipinski definition) is 3. The summed E-state index contributed by atoms with van der Waals surface area (Å²) >= 11 is 0. The zero-order valence-electron chi connectivity index (χ0n) is 9.49. The lowest BCUT2D eigenvalue weighted by Gasteiger charge is -2.24. The lowest BCUT2D eigenvalue weighted by atomic mass is 10.1. The van der Waals surface area contributed by atoms with Crippen LogP contribution < -0.4 is 5.32 Å². The molecule has 1 N–H and O–H groups in total. The second-order valence-corrected chi connectivity index (χ2v) is 4.19. The number of nitrogens with one attached hydrogen (secondary N) is 1. The molecule has 2 rings (SSSR count). The molecule has 1 aliphatic heterocycles. The van der Waals surface area contributed by atoms with E-state index in [0.29, 0.717) is 6.04 Å². The first-order valence-corrected chi connectivity index (χ1v) is 5.64. The maximum absolute atomic E-state index is 9.06. The maximum Gasteiger partial charge on any atom is 0.101 e. The number of benzene rings is 1. The highest BCUT2D eigenvalue weighted by atomic mass is 16.5. The van der Waals surface area contributed by atoms with E-state index < -0.39 is 0 Å². The first-order chi connectivity index (χ1) is 7.79. The van der Waals surface area contributed by atoms with Gasteiger partial charge >= 0.3 is 0 Å². The lowest BCUT2D eigenvalue weighted by Crippen LogP contribution is -2.28. The number of aryl methyl sites for hydroxylation is 1. The molecule has 0 bridgehead atoms. The van der Waals surface area contributed by atoms with Crippen LogP contribution in [0.3, 0.4) is 0 Å². The fourth-order valence-electron chi connectivity index (χ4n) is 1.94. The highest BCUT2D eigenvalue weighted by Gasteiger charge is 2.14. The largest absolute Gasteiger partial charge is 0.381 e. The third kappa shape index (κ3) is 2.53. The zero-order chi connectivity index (χ0) is 11.4. The van der Waals surface area contributed by atoms with Crippen molar-refractivity contribution in [3.63, 3.8) is 0 Å². The Kier molecular flexibility index (Phi) is 3.43. The van der Waals surface area contributed by atoms with Crippen LogP contribution in [-0.4, -0.2) is 19.3 Å². The summed E-state index contributed by atoms with van der Waals surface area (Å²) in [5, 5.41) is 12.5. The zero-order valence-corrected chi connectivity index (χ0v) is 9.49. The van der Waals surface area contributed by atoms with Gasteiger partial charge in [0.25, 0.3) is 0 Å². The average Bonchev–Trinajstić information content (AvgIpc) is 2.33. The summed E-state index contributed by atoms with van der Waals surface area (Å²) in [6, 6.07) is 8.60. The molecule has 0 saturated carbocycles. The van der Waals surface area contributed by atoms with Crippen LogP contribution >= 0.6 is 0 Å². The molecule has 1 aromatic rings. The molecule has 0 amide bonds. The Hall–Kier alpha value is -1.53. The first kappa shape index (κ1) is 11.0. The van der Waals surface area contributed by atoms with Gasteiger partial charge in [-0.1, -0.05) is 6.07 Å². The van der Waals surface area contributed by atoms with Crippen molar-refractivity contribution in [2.45, 2.75) is 25.8 Å². The van der Waals surface area contributed by atoms with E-state index in [2.05, 4.69) is 11.4 Å². The number of nitriles is 1. The van der Waals surface area contributed by atoms with Gasteiger partial charge in [-0.15, -0.1) is 0 Å². The quantitative estimate of drug-likeness (QED) is 0.826. The third-order valence-electron chi connectivity index (χ3n) is 2.88. The van der Waals surface area contributed by atoms with Crippen molar-refractivity contribution in [1.29, 1.82) is 5.26 Å². The van der Waals surface area contributed by atoms with Crippen LogP contribution in [0.4, 0.5) is 5.69 Å². The van der Waals surface area contributed by atoms with Crippen LogP contribution in [0, 0.1) is 18.3 Å². The molecule has 1 aromatic carbocycles. The molecule has 1 fully saturated rings. The van der Waals surface area contributed by atoms with Crippen molar-refractivity contribution in [3.05, 3.63) is 29.3 Å². The Labute approximate surface area is 96.0 Å². The Balaban J connectivity index is 2.11. The molecule has 1 saturated heterocycles. The molecule has 3 heteroatoms. The number of anilines is 1. The second kappa shape index (κ2) is 5.00. The molecule has 0 aliphatic carbocycles. The summed E-state index contributed by atoms with van der Waals surface area (Å²) in [6.45, 7) is 3.62. The smallest absolute Gasteiger partial charge is 0.101 e. The van der Waals surface area contributed by atoms with Crippen molar-refractivity contribution >= 4 is 5.69 Å². The number of ether oxygens (including phenoxy) is 1. The van der Waals surface area contributed by atoms with E-state index >= 15 is 0 Å². The van der Waals surface area contributed by atoms with Crippen LogP contribution in [0.25, 0.3) is 0 Å². The third-order valence-corrected chi connectivity index (χ3v) is 2.88. The van der Waals surface area contributed by atoms with Crippen molar-refractivity contribution < 1.29 is 4.74 Å². The molecule has 1 heterocycles. The minimum Gasteiger partial charge on any atom is -0.381 e. The SMILES string of the molecule is Cc1ccc(NC2CCOCC2)c(C#N)c1. The molecule has 1 aliphatic rings. The van der Waals surface area contributed by atoms with E-state index in [4.69, 9.17) is 10.00 Å². The highest BCUT2D eigenvalue weighted by Crippen LogP contribution is 2.20. The number of hydrogen-bond donors (Lipinski definition) is 1. The van der Waals surface area contributed by atoms with Gasteiger partial charge in [-0.05, 0) is 37.5 Å². The van der Waals surface area contributed by atoms with Gasteiger partial charge in [0.15, 0.2) is 0 Å². The molecule has 84 valence electrons. The van der Waals surface area contributed by atoms with Gasteiger partial charge in [-0.25, -0.2) is 0 Å². The highest BCUT2D eigenvalue weighted by molar-refractivity contribution is 5.59. The monoisotopic (exact) mass is 216 g/mol. The summed E-state index contributed by atoms with van der Waals surface area (Å²) in [5.74, 6) is 0. The molecule has 0 radical (unpaired) electrons. The molecule has 0 unspecified atom stereocenters. The lowest BCUT2D eigenvalue weighted by molar-refractivity contribution is 0.0904. The summed E-state index contributed by atoms with van der Waals surface area (Å²) in [6.07, 6.45) is 2.03. The predicted molar refractivity (Wildman–Crippen MR) is 63.4 cm³/mol. The summed E-state index contributed by atoms with van der Waals surface area (Å²) in [7, 11) is 0. The van der Waals surface area contributed by atoms with Crippen molar-refractivity contribution in [1.82, 2.24) is 0 Å². The van der Waals surface area contributed by atoms with E-state index in [1.165, 1.54) is 0 Å². The van der Waals surface area contributed by atoms with Crippen LogP contribution in [0.2, 0.25) is 0 Å². The summed E-state index contributed by atoms with van der Waals surface area (Å²) < 4.78 is 5.31. The summed E-state index contributed by atoms with van der Waals surface area (Å²) in [4.78, 5) is 0. The van der Waals surface area contributed by atoms with Gasteiger partial charge in [0.1, 0.15) is 6.07 Å².